The molecule has 7 heteroatoms. The van der Waals surface area contributed by atoms with E-state index < -0.39 is 0 Å². The SMILES string of the molecule is [C-]#[N+]c1ccc2[nH]cc(CCCCN3CCN(c4nc(C)cc(OC)n4)CC3)c2c1. The van der Waals surface area contributed by atoms with Gasteiger partial charge in [0.15, 0.2) is 5.69 Å². The van der Waals surface area contributed by atoms with Crippen LogP contribution in [0.1, 0.15) is 24.1 Å². The minimum atomic E-state index is 0.626. The lowest BCUT2D eigenvalue weighted by atomic mass is 10.1. The molecule has 0 radical (unpaired) electrons. The molecule has 0 spiro atoms. The first-order valence-corrected chi connectivity index (χ1v) is 10.5. The summed E-state index contributed by atoms with van der Waals surface area (Å²) in [6.07, 6.45) is 5.45. The van der Waals surface area contributed by atoms with E-state index in [0.717, 1.165) is 62.7 Å². The maximum Gasteiger partial charge on any atom is 0.228 e. The summed E-state index contributed by atoms with van der Waals surface area (Å²) in [7, 11) is 1.64. The van der Waals surface area contributed by atoms with Crippen LogP contribution < -0.4 is 9.64 Å². The van der Waals surface area contributed by atoms with Crippen molar-refractivity contribution in [1.82, 2.24) is 19.9 Å². The molecule has 1 aliphatic rings. The maximum atomic E-state index is 7.22. The Kier molecular flexibility index (Phi) is 6.15. The van der Waals surface area contributed by atoms with E-state index in [1.165, 1.54) is 17.4 Å². The molecule has 0 unspecified atom stereocenters. The van der Waals surface area contributed by atoms with Crippen molar-refractivity contribution in [1.29, 1.82) is 0 Å². The summed E-state index contributed by atoms with van der Waals surface area (Å²) in [6.45, 7) is 14.2. The molecule has 0 atom stereocenters. The third-order valence-corrected chi connectivity index (χ3v) is 5.73. The fourth-order valence-electron chi connectivity index (χ4n) is 4.04. The molecular weight excluding hydrogens is 376 g/mol. The van der Waals surface area contributed by atoms with E-state index in [1.54, 1.807) is 7.11 Å². The summed E-state index contributed by atoms with van der Waals surface area (Å²) in [4.78, 5) is 20.7. The molecule has 0 amide bonds. The number of aryl methyl sites for hydroxylation is 2. The number of aromatic nitrogens is 3. The second-order valence-electron chi connectivity index (χ2n) is 7.79. The van der Waals surface area contributed by atoms with Crippen LogP contribution in [-0.4, -0.2) is 59.7 Å². The van der Waals surface area contributed by atoms with Gasteiger partial charge in [-0.2, -0.15) is 4.98 Å². The number of anilines is 1. The van der Waals surface area contributed by atoms with Gasteiger partial charge in [0.25, 0.3) is 0 Å². The topological polar surface area (TPSA) is 61.6 Å². The van der Waals surface area contributed by atoms with Gasteiger partial charge in [0.1, 0.15) is 0 Å². The quantitative estimate of drug-likeness (QED) is 0.477. The zero-order valence-corrected chi connectivity index (χ0v) is 17.7. The molecule has 2 aromatic heterocycles. The van der Waals surface area contributed by atoms with Crippen molar-refractivity contribution in [2.75, 3.05) is 44.7 Å². The second-order valence-corrected chi connectivity index (χ2v) is 7.79. The summed E-state index contributed by atoms with van der Waals surface area (Å²) in [5, 5.41) is 1.19. The van der Waals surface area contributed by atoms with Crippen molar-refractivity contribution < 1.29 is 4.74 Å². The number of H-pyrrole nitrogens is 1. The van der Waals surface area contributed by atoms with Crippen LogP contribution in [0.25, 0.3) is 15.7 Å². The fraction of sp³-hybridized carbons (Fsp3) is 0.435. The molecule has 1 aromatic carbocycles. The van der Waals surface area contributed by atoms with Gasteiger partial charge >= 0.3 is 0 Å². The Bertz CT molecular complexity index is 1050. The molecule has 0 aliphatic carbocycles. The van der Waals surface area contributed by atoms with Gasteiger partial charge in [-0.1, -0.05) is 6.07 Å². The standard InChI is InChI=1S/C23H28N6O/c1-17-14-22(30-3)27-23(26-17)29-12-10-28(11-13-29)9-5-4-6-18-16-25-21-8-7-19(24-2)15-20(18)21/h7-8,14-16,25H,4-6,9-13H2,1,3H3. The Labute approximate surface area is 177 Å². The number of ether oxygens (including phenoxy) is 1. The van der Waals surface area contributed by atoms with Gasteiger partial charge in [0, 0.05) is 49.7 Å². The first-order chi connectivity index (χ1) is 14.7. The Morgan fingerprint density at radius 3 is 2.73 bits per heavy atom. The van der Waals surface area contributed by atoms with Crippen LogP contribution in [0.15, 0.2) is 30.5 Å². The van der Waals surface area contributed by atoms with Gasteiger partial charge in [-0.05, 0) is 55.8 Å². The summed E-state index contributed by atoms with van der Waals surface area (Å²) in [6, 6.07) is 7.72. The summed E-state index contributed by atoms with van der Waals surface area (Å²) in [5.74, 6) is 1.39. The summed E-state index contributed by atoms with van der Waals surface area (Å²) in [5.41, 5.74) is 4.06. The van der Waals surface area contributed by atoms with E-state index in [4.69, 9.17) is 11.3 Å². The number of fused-ring (bicyclic) bond motifs is 1. The molecule has 3 heterocycles. The zero-order valence-electron chi connectivity index (χ0n) is 17.7. The minimum absolute atomic E-state index is 0.626. The van der Waals surface area contributed by atoms with E-state index in [1.807, 2.05) is 31.2 Å². The van der Waals surface area contributed by atoms with E-state index in [9.17, 15) is 0 Å². The van der Waals surface area contributed by atoms with Crippen molar-refractivity contribution in [3.63, 3.8) is 0 Å². The van der Waals surface area contributed by atoms with Crippen molar-refractivity contribution in [3.05, 3.63) is 53.1 Å². The minimum Gasteiger partial charge on any atom is -0.481 e. The van der Waals surface area contributed by atoms with E-state index in [2.05, 4.69) is 35.8 Å². The maximum absolute atomic E-state index is 7.22. The molecule has 3 aromatic rings. The predicted octanol–water partition coefficient (Wildman–Crippen LogP) is 3.97. The van der Waals surface area contributed by atoms with Crippen molar-refractivity contribution in [2.24, 2.45) is 0 Å². The Hall–Kier alpha value is -3.11. The number of nitrogens with zero attached hydrogens (tertiary/aromatic N) is 5. The number of rotatable bonds is 7. The Morgan fingerprint density at radius 1 is 1.13 bits per heavy atom. The number of unbranched alkanes of at least 4 members (excludes halogenated alkanes) is 1. The van der Waals surface area contributed by atoms with Crippen LogP contribution in [-0.2, 0) is 6.42 Å². The van der Waals surface area contributed by atoms with Crippen LogP contribution in [0.5, 0.6) is 5.88 Å². The van der Waals surface area contributed by atoms with Gasteiger partial charge in [-0.3, -0.25) is 4.90 Å². The number of hydrogen-bond acceptors (Lipinski definition) is 5. The molecule has 156 valence electrons. The Morgan fingerprint density at radius 2 is 1.97 bits per heavy atom. The highest BCUT2D eigenvalue weighted by molar-refractivity contribution is 5.86. The molecule has 7 nitrogen and oxygen atoms in total. The lowest BCUT2D eigenvalue weighted by molar-refractivity contribution is 0.251. The first-order valence-electron chi connectivity index (χ1n) is 10.5. The molecule has 0 saturated carbocycles. The zero-order chi connectivity index (χ0) is 20.9. The van der Waals surface area contributed by atoms with E-state index in [-0.39, 0.29) is 0 Å². The molecule has 1 aliphatic heterocycles. The number of nitrogens with one attached hydrogen (secondary N) is 1. The van der Waals surface area contributed by atoms with Crippen LogP contribution in [0.3, 0.4) is 0 Å². The third-order valence-electron chi connectivity index (χ3n) is 5.73. The average molecular weight is 405 g/mol. The highest BCUT2D eigenvalue weighted by Crippen LogP contribution is 2.25. The molecule has 0 bridgehead atoms. The van der Waals surface area contributed by atoms with Gasteiger partial charge in [0.2, 0.25) is 11.8 Å². The number of hydrogen-bond donors (Lipinski definition) is 1. The average Bonchev–Trinajstić information content (AvgIpc) is 3.18. The normalized spacial score (nSPS) is 14.8. The lowest BCUT2D eigenvalue weighted by Gasteiger charge is -2.34. The fourth-order valence-corrected chi connectivity index (χ4v) is 4.04. The molecule has 4 rings (SSSR count). The van der Waals surface area contributed by atoms with E-state index >= 15 is 0 Å². The van der Waals surface area contributed by atoms with Crippen molar-refractivity contribution in [3.8, 4) is 5.88 Å². The highest BCUT2D eigenvalue weighted by atomic mass is 16.5. The monoisotopic (exact) mass is 404 g/mol. The smallest absolute Gasteiger partial charge is 0.228 e. The summed E-state index contributed by atoms with van der Waals surface area (Å²) < 4.78 is 5.28. The molecular formula is C23H28N6O. The number of aromatic amines is 1. The molecule has 30 heavy (non-hydrogen) atoms. The first kappa shape index (κ1) is 20.2. The predicted molar refractivity (Wildman–Crippen MR) is 119 cm³/mol. The van der Waals surface area contributed by atoms with Gasteiger partial charge in [-0.15, -0.1) is 0 Å². The van der Waals surface area contributed by atoms with Crippen LogP contribution in [0.4, 0.5) is 11.6 Å². The Balaban J connectivity index is 1.24. The molecule has 1 N–H and O–H groups in total. The van der Waals surface area contributed by atoms with Crippen LogP contribution in [0, 0.1) is 13.5 Å². The van der Waals surface area contributed by atoms with Gasteiger partial charge in [-0.25, -0.2) is 9.83 Å². The number of methoxy groups -OCH3 is 1. The van der Waals surface area contributed by atoms with Crippen LogP contribution in [0.2, 0.25) is 0 Å². The highest BCUT2D eigenvalue weighted by Gasteiger charge is 2.19. The largest absolute Gasteiger partial charge is 0.481 e. The second kappa shape index (κ2) is 9.14. The number of benzene rings is 1. The van der Waals surface area contributed by atoms with Crippen molar-refractivity contribution >= 4 is 22.5 Å². The molecule has 1 saturated heterocycles. The third kappa shape index (κ3) is 4.55. The number of piperazine rings is 1. The summed E-state index contributed by atoms with van der Waals surface area (Å²) >= 11 is 0. The van der Waals surface area contributed by atoms with E-state index in [0.29, 0.717) is 11.6 Å². The van der Waals surface area contributed by atoms with Gasteiger partial charge in [0.05, 0.1) is 13.7 Å². The lowest BCUT2D eigenvalue weighted by Crippen LogP contribution is -2.47. The van der Waals surface area contributed by atoms with Gasteiger partial charge < -0.3 is 14.6 Å². The van der Waals surface area contributed by atoms with Crippen LogP contribution >= 0.6 is 0 Å². The molecule has 1 fully saturated rings. The van der Waals surface area contributed by atoms with Crippen molar-refractivity contribution in [2.45, 2.75) is 26.2 Å².